The highest BCUT2D eigenvalue weighted by atomic mass is 16.5. The predicted octanol–water partition coefficient (Wildman–Crippen LogP) is 3.82. The van der Waals surface area contributed by atoms with Crippen molar-refractivity contribution < 1.29 is 14.3 Å². The van der Waals surface area contributed by atoms with Crippen LogP contribution in [0.2, 0.25) is 0 Å². The van der Waals surface area contributed by atoms with Crippen LogP contribution in [0.15, 0.2) is 48.5 Å². The number of rotatable bonds is 5. The zero-order chi connectivity index (χ0) is 14.6. The summed E-state index contributed by atoms with van der Waals surface area (Å²) in [5.74, 6) is 1.03. The van der Waals surface area contributed by atoms with E-state index in [4.69, 9.17) is 9.47 Å². The van der Waals surface area contributed by atoms with Crippen molar-refractivity contribution in [2.75, 3.05) is 7.11 Å². The molecule has 20 heavy (non-hydrogen) atoms. The standard InChI is InChI=1S/C17H18O3/c1-17(2,14-9-5-4-6-10-14)20-16-13(12-18)8-7-11-15(16)19-3/h4-12H,1-3H3. The fourth-order valence-electron chi connectivity index (χ4n) is 2.05. The van der Waals surface area contributed by atoms with Crippen LogP contribution in [0.1, 0.15) is 29.8 Å². The molecule has 0 aliphatic rings. The van der Waals surface area contributed by atoms with Gasteiger partial charge in [-0.25, -0.2) is 0 Å². The Morgan fingerprint density at radius 3 is 2.30 bits per heavy atom. The normalized spacial score (nSPS) is 10.9. The van der Waals surface area contributed by atoms with Crippen LogP contribution in [0.4, 0.5) is 0 Å². The third kappa shape index (κ3) is 2.82. The summed E-state index contributed by atoms with van der Waals surface area (Å²) in [6.45, 7) is 3.92. The number of hydrogen-bond donors (Lipinski definition) is 0. The van der Waals surface area contributed by atoms with Crippen molar-refractivity contribution in [2.45, 2.75) is 19.4 Å². The van der Waals surface area contributed by atoms with Gasteiger partial charge >= 0.3 is 0 Å². The van der Waals surface area contributed by atoms with Crippen molar-refractivity contribution in [3.8, 4) is 11.5 Å². The first-order valence-electron chi connectivity index (χ1n) is 6.45. The van der Waals surface area contributed by atoms with E-state index in [1.54, 1.807) is 25.3 Å². The number of methoxy groups -OCH3 is 1. The molecule has 0 amide bonds. The molecule has 0 N–H and O–H groups in total. The Morgan fingerprint density at radius 1 is 1.00 bits per heavy atom. The van der Waals surface area contributed by atoms with E-state index in [2.05, 4.69) is 0 Å². The van der Waals surface area contributed by atoms with Crippen molar-refractivity contribution in [1.82, 2.24) is 0 Å². The van der Waals surface area contributed by atoms with Gasteiger partial charge in [0.1, 0.15) is 5.60 Å². The first kappa shape index (κ1) is 14.1. The monoisotopic (exact) mass is 270 g/mol. The number of hydrogen-bond acceptors (Lipinski definition) is 3. The van der Waals surface area contributed by atoms with Gasteiger partial charge in [-0.05, 0) is 31.5 Å². The molecule has 0 aromatic heterocycles. The molecule has 0 aliphatic carbocycles. The smallest absolute Gasteiger partial charge is 0.172 e. The fraction of sp³-hybridized carbons (Fsp3) is 0.235. The molecule has 2 aromatic carbocycles. The molecule has 3 nitrogen and oxygen atoms in total. The van der Waals surface area contributed by atoms with Gasteiger partial charge in [-0.3, -0.25) is 4.79 Å². The number of ether oxygens (including phenoxy) is 2. The van der Waals surface area contributed by atoms with Crippen molar-refractivity contribution in [1.29, 1.82) is 0 Å². The molecule has 0 fully saturated rings. The van der Waals surface area contributed by atoms with Crippen LogP contribution in [0.3, 0.4) is 0 Å². The number of aldehydes is 1. The molecule has 0 heterocycles. The summed E-state index contributed by atoms with van der Waals surface area (Å²) in [5, 5.41) is 0. The third-order valence-corrected chi connectivity index (χ3v) is 3.18. The minimum absolute atomic E-state index is 0.471. The Balaban J connectivity index is 2.41. The quantitative estimate of drug-likeness (QED) is 0.775. The highest BCUT2D eigenvalue weighted by molar-refractivity contribution is 5.81. The van der Waals surface area contributed by atoms with Crippen LogP contribution in [0.5, 0.6) is 11.5 Å². The molecule has 0 atom stereocenters. The van der Waals surface area contributed by atoms with Crippen LogP contribution in [-0.2, 0) is 5.60 Å². The molecule has 0 aliphatic heterocycles. The lowest BCUT2D eigenvalue weighted by atomic mass is 9.98. The highest BCUT2D eigenvalue weighted by Gasteiger charge is 2.25. The Labute approximate surface area is 119 Å². The van der Waals surface area contributed by atoms with Crippen molar-refractivity contribution in [3.63, 3.8) is 0 Å². The van der Waals surface area contributed by atoms with Gasteiger partial charge in [0.15, 0.2) is 17.8 Å². The molecule has 0 saturated heterocycles. The molecule has 2 rings (SSSR count). The maximum atomic E-state index is 11.2. The molecule has 0 radical (unpaired) electrons. The van der Waals surface area contributed by atoms with E-state index in [-0.39, 0.29) is 0 Å². The number of para-hydroxylation sites is 1. The third-order valence-electron chi connectivity index (χ3n) is 3.18. The van der Waals surface area contributed by atoms with Gasteiger partial charge in [0, 0.05) is 0 Å². The SMILES string of the molecule is COc1cccc(C=O)c1OC(C)(C)c1ccccc1. The molecular formula is C17H18O3. The van der Waals surface area contributed by atoms with Crippen molar-refractivity contribution in [2.24, 2.45) is 0 Å². The molecule has 0 unspecified atom stereocenters. The first-order chi connectivity index (χ1) is 9.58. The summed E-state index contributed by atoms with van der Waals surface area (Å²) < 4.78 is 11.4. The predicted molar refractivity (Wildman–Crippen MR) is 78.5 cm³/mol. The summed E-state index contributed by atoms with van der Waals surface area (Å²) in [5.41, 5.74) is 0.948. The maximum Gasteiger partial charge on any atom is 0.172 e. The second kappa shape index (κ2) is 5.78. The summed E-state index contributed by atoms with van der Waals surface area (Å²) in [6, 6.07) is 15.1. The molecular weight excluding hydrogens is 252 g/mol. The Morgan fingerprint density at radius 2 is 1.70 bits per heavy atom. The van der Waals surface area contributed by atoms with Crippen molar-refractivity contribution >= 4 is 6.29 Å². The van der Waals surface area contributed by atoms with Gasteiger partial charge in [0.2, 0.25) is 0 Å². The number of carbonyl (C=O) groups excluding carboxylic acids is 1. The summed E-state index contributed by atoms with van der Waals surface area (Å²) in [7, 11) is 1.56. The highest BCUT2D eigenvalue weighted by Crippen LogP contribution is 2.36. The topological polar surface area (TPSA) is 35.5 Å². The van der Waals surface area contributed by atoms with Gasteiger partial charge in [0.05, 0.1) is 12.7 Å². The van der Waals surface area contributed by atoms with E-state index < -0.39 is 5.60 Å². The second-order valence-corrected chi connectivity index (χ2v) is 4.97. The lowest BCUT2D eigenvalue weighted by Gasteiger charge is -2.28. The second-order valence-electron chi connectivity index (χ2n) is 4.97. The average molecular weight is 270 g/mol. The summed E-state index contributed by atoms with van der Waals surface area (Å²) in [6.07, 6.45) is 0.777. The molecule has 3 heteroatoms. The minimum atomic E-state index is -0.562. The van der Waals surface area contributed by atoms with Crippen LogP contribution in [-0.4, -0.2) is 13.4 Å². The molecule has 0 bridgehead atoms. The first-order valence-corrected chi connectivity index (χ1v) is 6.45. The number of carbonyl (C=O) groups is 1. The summed E-state index contributed by atoms with van der Waals surface area (Å²) >= 11 is 0. The lowest BCUT2D eigenvalue weighted by Crippen LogP contribution is -2.26. The summed E-state index contributed by atoms with van der Waals surface area (Å²) in [4.78, 5) is 11.2. The average Bonchev–Trinajstić information content (AvgIpc) is 2.48. The maximum absolute atomic E-state index is 11.2. The van der Waals surface area contributed by atoms with Crippen LogP contribution in [0, 0.1) is 0 Å². The van der Waals surface area contributed by atoms with E-state index in [0.29, 0.717) is 17.1 Å². The Hall–Kier alpha value is -2.29. The van der Waals surface area contributed by atoms with Crippen LogP contribution in [0.25, 0.3) is 0 Å². The van der Waals surface area contributed by atoms with Gasteiger partial charge in [0.25, 0.3) is 0 Å². The van der Waals surface area contributed by atoms with Gasteiger partial charge in [-0.15, -0.1) is 0 Å². The van der Waals surface area contributed by atoms with Gasteiger partial charge < -0.3 is 9.47 Å². The zero-order valence-corrected chi connectivity index (χ0v) is 11.9. The van der Waals surface area contributed by atoms with Gasteiger partial charge in [-0.1, -0.05) is 36.4 Å². The number of benzene rings is 2. The van der Waals surface area contributed by atoms with Crippen molar-refractivity contribution in [3.05, 3.63) is 59.7 Å². The van der Waals surface area contributed by atoms with E-state index in [1.165, 1.54) is 0 Å². The van der Waals surface area contributed by atoms with Crippen LogP contribution < -0.4 is 9.47 Å². The van der Waals surface area contributed by atoms with E-state index in [0.717, 1.165) is 11.8 Å². The minimum Gasteiger partial charge on any atom is -0.493 e. The largest absolute Gasteiger partial charge is 0.493 e. The molecule has 2 aromatic rings. The van der Waals surface area contributed by atoms with Crippen LogP contribution >= 0.6 is 0 Å². The molecule has 0 saturated carbocycles. The fourth-order valence-corrected chi connectivity index (χ4v) is 2.05. The van der Waals surface area contributed by atoms with E-state index in [1.807, 2.05) is 44.2 Å². The van der Waals surface area contributed by atoms with E-state index >= 15 is 0 Å². The molecule has 0 spiro atoms. The van der Waals surface area contributed by atoms with E-state index in [9.17, 15) is 4.79 Å². The Kier molecular flexibility index (Phi) is 4.08. The Bertz CT molecular complexity index is 588. The molecule has 104 valence electrons. The van der Waals surface area contributed by atoms with Gasteiger partial charge in [-0.2, -0.15) is 0 Å². The lowest BCUT2D eigenvalue weighted by molar-refractivity contribution is 0.0988. The zero-order valence-electron chi connectivity index (χ0n) is 11.9.